The quantitative estimate of drug-likeness (QED) is 0.806. The number of benzene rings is 1. The van der Waals surface area contributed by atoms with Gasteiger partial charge in [-0.1, -0.05) is 25.4 Å². The number of piperidine rings is 1. The standard InChI is InChI=1S/C14H19ClN2O.ClH/c1-14(2)6-3-7-17(9-14)13(18)11-5-4-10(16)8-12(11)15;/h4-5,8H,3,6-7,9,16H2,1-2H3;1H. The van der Waals surface area contributed by atoms with E-state index in [1.165, 1.54) is 0 Å². The summed E-state index contributed by atoms with van der Waals surface area (Å²) < 4.78 is 0. The lowest BCUT2D eigenvalue weighted by molar-refractivity contribution is 0.0583. The number of hydrogen-bond donors (Lipinski definition) is 1. The van der Waals surface area contributed by atoms with Crippen molar-refractivity contribution in [3.63, 3.8) is 0 Å². The second kappa shape index (κ2) is 6.02. The van der Waals surface area contributed by atoms with Crippen molar-refractivity contribution in [3.05, 3.63) is 28.8 Å². The van der Waals surface area contributed by atoms with Gasteiger partial charge in [-0.05, 0) is 36.5 Å². The first-order chi connectivity index (χ1) is 8.39. The number of nitrogens with two attached hydrogens (primary N) is 1. The van der Waals surface area contributed by atoms with E-state index in [4.69, 9.17) is 17.3 Å². The van der Waals surface area contributed by atoms with E-state index in [1.54, 1.807) is 18.2 Å². The molecule has 0 aromatic heterocycles. The molecule has 1 aromatic rings. The third-order valence-electron chi connectivity index (χ3n) is 3.41. The summed E-state index contributed by atoms with van der Waals surface area (Å²) in [6.45, 7) is 5.98. The minimum absolute atomic E-state index is 0. The van der Waals surface area contributed by atoms with Crippen LogP contribution in [0.2, 0.25) is 5.02 Å². The maximum absolute atomic E-state index is 12.4. The van der Waals surface area contributed by atoms with Crippen molar-refractivity contribution in [2.45, 2.75) is 26.7 Å². The highest BCUT2D eigenvalue weighted by molar-refractivity contribution is 6.34. The lowest BCUT2D eigenvalue weighted by Crippen LogP contribution is -2.43. The smallest absolute Gasteiger partial charge is 0.255 e. The van der Waals surface area contributed by atoms with E-state index in [2.05, 4.69) is 13.8 Å². The summed E-state index contributed by atoms with van der Waals surface area (Å²) in [7, 11) is 0. The normalized spacial score (nSPS) is 17.7. The number of rotatable bonds is 1. The van der Waals surface area contributed by atoms with Gasteiger partial charge in [-0.15, -0.1) is 12.4 Å². The van der Waals surface area contributed by atoms with Crippen LogP contribution in [0, 0.1) is 5.41 Å². The topological polar surface area (TPSA) is 46.3 Å². The Bertz CT molecular complexity index is 475. The fourth-order valence-corrected chi connectivity index (χ4v) is 2.74. The number of amides is 1. The van der Waals surface area contributed by atoms with E-state index in [1.807, 2.05) is 4.90 Å². The lowest BCUT2D eigenvalue weighted by atomic mass is 9.84. The highest BCUT2D eigenvalue weighted by Crippen LogP contribution is 2.30. The SMILES string of the molecule is CC1(C)CCCN(C(=O)c2ccc(N)cc2Cl)C1.Cl. The minimum atomic E-state index is 0. The van der Waals surface area contributed by atoms with E-state index in [0.717, 1.165) is 25.9 Å². The number of nitrogen functional groups attached to an aromatic ring is 1. The number of nitrogens with zero attached hydrogens (tertiary/aromatic N) is 1. The Morgan fingerprint density at radius 2 is 2.11 bits per heavy atom. The van der Waals surface area contributed by atoms with E-state index < -0.39 is 0 Å². The molecule has 2 N–H and O–H groups in total. The molecular weight excluding hydrogens is 283 g/mol. The van der Waals surface area contributed by atoms with Crippen molar-refractivity contribution in [3.8, 4) is 0 Å². The Balaban J connectivity index is 0.00000180. The van der Waals surface area contributed by atoms with Crippen LogP contribution in [0.1, 0.15) is 37.0 Å². The largest absolute Gasteiger partial charge is 0.399 e. The minimum Gasteiger partial charge on any atom is -0.399 e. The number of carbonyl (C=O) groups excluding carboxylic acids is 1. The molecule has 0 bridgehead atoms. The summed E-state index contributed by atoms with van der Waals surface area (Å²) in [6.07, 6.45) is 2.21. The highest BCUT2D eigenvalue weighted by Gasteiger charge is 2.30. The van der Waals surface area contributed by atoms with Crippen molar-refractivity contribution in [2.24, 2.45) is 5.41 Å². The second-order valence-corrected chi connectivity index (χ2v) is 6.14. The zero-order valence-corrected chi connectivity index (χ0v) is 12.9. The Kier molecular flexibility index (Phi) is 5.11. The first-order valence-corrected chi connectivity index (χ1v) is 6.61. The fourth-order valence-electron chi connectivity index (χ4n) is 2.47. The molecule has 0 spiro atoms. The van der Waals surface area contributed by atoms with E-state index in [0.29, 0.717) is 16.3 Å². The molecule has 1 heterocycles. The monoisotopic (exact) mass is 302 g/mol. The molecule has 0 saturated carbocycles. The average Bonchev–Trinajstić information content (AvgIpc) is 2.27. The molecule has 1 aliphatic rings. The third-order valence-corrected chi connectivity index (χ3v) is 3.72. The van der Waals surface area contributed by atoms with E-state index in [9.17, 15) is 4.79 Å². The molecule has 0 unspecified atom stereocenters. The van der Waals surface area contributed by atoms with Crippen molar-refractivity contribution >= 4 is 35.6 Å². The zero-order valence-electron chi connectivity index (χ0n) is 11.3. The van der Waals surface area contributed by atoms with Crippen molar-refractivity contribution in [1.82, 2.24) is 4.90 Å². The van der Waals surface area contributed by atoms with Crippen LogP contribution in [0.15, 0.2) is 18.2 Å². The maximum atomic E-state index is 12.4. The summed E-state index contributed by atoms with van der Waals surface area (Å²) in [5.74, 6) is 0.00720. The summed E-state index contributed by atoms with van der Waals surface area (Å²) in [5, 5.41) is 0.434. The van der Waals surface area contributed by atoms with Crippen LogP contribution in [0.25, 0.3) is 0 Å². The Labute approximate surface area is 125 Å². The molecule has 1 saturated heterocycles. The van der Waals surface area contributed by atoms with Gasteiger partial charge in [0.05, 0.1) is 10.6 Å². The van der Waals surface area contributed by atoms with Gasteiger partial charge >= 0.3 is 0 Å². The molecule has 1 amide bonds. The van der Waals surface area contributed by atoms with E-state index >= 15 is 0 Å². The van der Waals surface area contributed by atoms with Gasteiger partial charge in [0.15, 0.2) is 0 Å². The molecular formula is C14H20Cl2N2O. The highest BCUT2D eigenvalue weighted by atomic mass is 35.5. The van der Waals surface area contributed by atoms with Crippen LogP contribution in [-0.2, 0) is 0 Å². The molecule has 19 heavy (non-hydrogen) atoms. The molecule has 0 aliphatic carbocycles. The summed E-state index contributed by atoms with van der Waals surface area (Å²) >= 11 is 6.09. The molecule has 2 rings (SSSR count). The molecule has 0 atom stereocenters. The van der Waals surface area contributed by atoms with Gasteiger partial charge in [-0.3, -0.25) is 4.79 Å². The number of carbonyl (C=O) groups is 1. The molecule has 106 valence electrons. The van der Waals surface area contributed by atoms with Crippen molar-refractivity contribution in [1.29, 1.82) is 0 Å². The van der Waals surface area contributed by atoms with E-state index in [-0.39, 0.29) is 23.7 Å². The second-order valence-electron chi connectivity index (χ2n) is 5.73. The van der Waals surface area contributed by atoms with Gasteiger partial charge in [-0.2, -0.15) is 0 Å². The van der Waals surface area contributed by atoms with Gasteiger partial charge in [0.25, 0.3) is 5.91 Å². The van der Waals surface area contributed by atoms with Gasteiger partial charge in [0.2, 0.25) is 0 Å². The first kappa shape index (κ1) is 16.1. The van der Waals surface area contributed by atoms with Gasteiger partial charge in [-0.25, -0.2) is 0 Å². The number of halogens is 2. The van der Waals surface area contributed by atoms with Crippen molar-refractivity contribution in [2.75, 3.05) is 18.8 Å². The molecule has 5 heteroatoms. The fraction of sp³-hybridized carbons (Fsp3) is 0.500. The van der Waals surface area contributed by atoms with Crippen LogP contribution < -0.4 is 5.73 Å². The summed E-state index contributed by atoms with van der Waals surface area (Å²) in [4.78, 5) is 14.3. The summed E-state index contributed by atoms with van der Waals surface area (Å²) in [6, 6.07) is 5.06. The number of likely N-dealkylation sites (tertiary alicyclic amines) is 1. The molecule has 3 nitrogen and oxygen atoms in total. The molecule has 1 aromatic carbocycles. The maximum Gasteiger partial charge on any atom is 0.255 e. The van der Waals surface area contributed by atoms with Crippen LogP contribution in [0.4, 0.5) is 5.69 Å². The Morgan fingerprint density at radius 1 is 1.42 bits per heavy atom. The van der Waals surface area contributed by atoms with Crippen LogP contribution in [0.5, 0.6) is 0 Å². The predicted molar refractivity (Wildman–Crippen MR) is 82.0 cm³/mol. The van der Waals surface area contributed by atoms with Crippen molar-refractivity contribution < 1.29 is 4.79 Å². The zero-order chi connectivity index (χ0) is 13.3. The lowest BCUT2D eigenvalue weighted by Gasteiger charge is -2.38. The Hall–Kier alpha value is -0.930. The van der Waals surface area contributed by atoms with Gasteiger partial charge in [0, 0.05) is 18.8 Å². The first-order valence-electron chi connectivity index (χ1n) is 6.23. The van der Waals surface area contributed by atoms with Gasteiger partial charge < -0.3 is 10.6 Å². The molecule has 1 aliphatic heterocycles. The van der Waals surface area contributed by atoms with Gasteiger partial charge in [0.1, 0.15) is 0 Å². The number of hydrogen-bond acceptors (Lipinski definition) is 2. The van der Waals surface area contributed by atoms with Crippen LogP contribution in [0.3, 0.4) is 0 Å². The summed E-state index contributed by atoms with van der Waals surface area (Å²) in [5.41, 5.74) is 6.95. The average molecular weight is 303 g/mol. The van der Waals surface area contributed by atoms with Crippen LogP contribution >= 0.6 is 24.0 Å². The number of anilines is 1. The van der Waals surface area contributed by atoms with Crippen LogP contribution in [-0.4, -0.2) is 23.9 Å². The molecule has 1 fully saturated rings. The Morgan fingerprint density at radius 3 is 2.68 bits per heavy atom. The third kappa shape index (κ3) is 3.77. The predicted octanol–water partition coefficient (Wildman–Crippen LogP) is 3.61. The molecule has 0 radical (unpaired) electrons.